The molecule has 0 aromatic carbocycles. The van der Waals surface area contributed by atoms with Crippen molar-refractivity contribution in [2.45, 2.75) is 70.8 Å². The van der Waals surface area contributed by atoms with Crippen LogP contribution in [0.1, 0.15) is 64.7 Å². The number of amidine groups is 1. The average molecular weight is 585 g/mol. The highest BCUT2D eigenvalue weighted by atomic mass is 16.5. The number of nitrogens with zero attached hydrogens (tertiary/aromatic N) is 5. The summed E-state index contributed by atoms with van der Waals surface area (Å²) in [5.41, 5.74) is 7.82. The third kappa shape index (κ3) is 10.2. The standard InChI is InChI=1S/C33H60N8O/c1-28-8-9-33(36-27-29-10-14-38(15-11-29)13-5-12-35-30-6-3-2-4-7-30)37-32(34)26-31(28)41-20-18-39(19-21-41)16-17-40-22-24-42-25-23-40/h9,26,28-30,35-36H,2-8,10-25,27H2,1H3,(H2,34,37)/b31-26+,33-9+. The molecule has 0 aromatic rings. The van der Waals surface area contributed by atoms with E-state index in [9.17, 15) is 0 Å². The molecule has 4 N–H and O–H groups in total. The van der Waals surface area contributed by atoms with Gasteiger partial charge in [0.15, 0.2) is 0 Å². The topological polar surface area (TPSA) is 84.6 Å². The van der Waals surface area contributed by atoms with E-state index in [2.05, 4.69) is 49.3 Å². The van der Waals surface area contributed by atoms with Crippen LogP contribution in [0, 0.1) is 11.8 Å². The molecule has 0 aromatic heterocycles. The Morgan fingerprint density at radius 1 is 0.857 bits per heavy atom. The Morgan fingerprint density at radius 2 is 1.55 bits per heavy atom. The number of likely N-dealkylation sites (tertiary alicyclic amines) is 1. The van der Waals surface area contributed by atoms with Crippen molar-refractivity contribution < 1.29 is 4.74 Å². The molecule has 4 aliphatic heterocycles. The van der Waals surface area contributed by atoms with Gasteiger partial charge in [-0.05, 0) is 88.7 Å². The van der Waals surface area contributed by atoms with Crippen LogP contribution in [0.2, 0.25) is 0 Å². The van der Waals surface area contributed by atoms with Crippen molar-refractivity contribution in [3.63, 3.8) is 0 Å². The van der Waals surface area contributed by atoms with Crippen LogP contribution >= 0.6 is 0 Å². The highest BCUT2D eigenvalue weighted by Crippen LogP contribution is 2.24. The first-order valence-electron chi connectivity index (χ1n) is 17.4. The van der Waals surface area contributed by atoms with Gasteiger partial charge in [0, 0.05) is 70.6 Å². The van der Waals surface area contributed by atoms with Crippen LogP contribution in [0.25, 0.3) is 0 Å². The number of piperidine rings is 1. The molecule has 1 aliphatic carbocycles. The van der Waals surface area contributed by atoms with Crippen LogP contribution in [0.15, 0.2) is 28.7 Å². The zero-order valence-corrected chi connectivity index (χ0v) is 26.6. The van der Waals surface area contributed by atoms with Crippen molar-refractivity contribution in [2.75, 3.05) is 98.3 Å². The van der Waals surface area contributed by atoms with Crippen molar-refractivity contribution in [1.29, 1.82) is 0 Å². The van der Waals surface area contributed by atoms with E-state index < -0.39 is 0 Å². The number of nitrogens with one attached hydrogen (secondary N) is 2. The van der Waals surface area contributed by atoms with Crippen LogP contribution < -0.4 is 16.4 Å². The summed E-state index contributed by atoms with van der Waals surface area (Å²) >= 11 is 0. The number of aliphatic imine (C=N–C) groups is 1. The van der Waals surface area contributed by atoms with Gasteiger partial charge in [-0.15, -0.1) is 0 Å². The zero-order chi connectivity index (χ0) is 29.0. The number of rotatable bonds is 12. The Bertz CT molecular complexity index is 878. The summed E-state index contributed by atoms with van der Waals surface area (Å²) in [7, 11) is 0. The maximum atomic E-state index is 6.47. The van der Waals surface area contributed by atoms with Crippen molar-refractivity contribution in [3.8, 4) is 0 Å². The second-order valence-electron chi connectivity index (χ2n) is 13.4. The van der Waals surface area contributed by atoms with Gasteiger partial charge in [-0.2, -0.15) is 0 Å². The Morgan fingerprint density at radius 3 is 2.29 bits per heavy atom. The molecule has 9 nitrogen and oxygen atoms in total. The maximum Gasteiger partial charge on any atom is 0.127 e. The fourth-order valence-corrected chi connectivity index (χ4v) is 7.35. The molecule has 1 saturated carbocycles. The number of hydrogen-bond donors (Lipinski definition) is 3. The number of ether oxygens (including phenoxy) is 1. The minimum absolute atomic E-state index is 0.437. The molecule has 0 bridgehead atoms. The molecule has 0 spiro atoms. The number of morpholine rings is 1. The van der Waals surface area contributed by atoms with E-state index in [1.165, 1.54) is 83.2 Å². The van der Waals surface area contributed by atoms with E-state index in [0.29, 0.717) is 17.7 Å². The lowest BCUT2D eigenvalue weighted by molar-refractivity contribution is 0.0306. The van der Waals surface area contributed by atoms with Crippen molar-refractivity contribution >= 4 is 5.84 Å². The second kappa shape index (κ2) is 17.0. The summed E-state index contributed by atoms with van der Waals surface area (Å²) in [4.78, 5) is 15.2. The molecular formula is C33H60N8O. The summed E-state index contributed by atoms with van der Waals surface area (Å²) < 4.78 is 5.49. The number of allylic oxidation sites excluding steroid dienone is 2. The second-order valence-corrected chi connectivity index (χ2v) is 13.4. The molecule has 1 unspecified atom stereocenters. The van der Waals surface area contributed by atoms with Gasteiger partial charge in [-0.3, -0.25) is 9.80 Å². The molecule has 3 saturated heterocycles. The van der Waals surface area contributed by atoms with Crippen molar-refractivity contribution in [2.24, 2.45) is 22.6 Å². The Labute approximate surface area is 255 Å². The lowest BCUT2D eigenvalue weighted by Gasteiger charge is -2.40. The molecule has 9 heteroatoms. The van der Waals surface area contributed by atoms with Crippen LogP contribution in [0.3, 0.4) is 0 Å². The number of piperazine rings is 1. The smallest absolute Gasteiger partial charge is 0.127 e. The molecule has 42 heavy (non-hydrogen) atoms. The van der Waals surface area contributed by atoms with Crippen LogP contribution in [0.5, 0.6) is 0 Å². The van der Waals surface area contributed by atoms with Gasteiger partial charge in [0.25, 0.3) is 0 Å². The Balaban J connectivity index is 0.984. The first kappa shape index (κ1) is 31.8. The highest BCUT2D eigenvalue weighted by molar-refractivity contribution is 5.92. The quantitative estimate of drug-likeness (QED) is 0.302. The first-order chi connectivity index (χ1) is 20.6. The van der Waals surface area contributed by atoms with Crippen LogP contribution in [-0.2, 0) is 4.74 Å². The molecular weight excluding hydrogens is 524 g/mol. The fraction of sp³-hybridized carbons (Fsp3) is 0.848. The maximum absolute atomic E-state index is 6.47. The zero-order valence-electron chi connectivity index (χ0n) is 26.6. The van der Waals surface area contributed by atoms with Crippen LogP contribution in [-0.4, -0.2) is 130 Å². The molecule has 5 rings (SSSR count). The summed E-state index contributed by atoms with van der Waals surface area (Å²) in [6.07, 6.45) is 16.3. The monoisotopic (exact) mass is 584 g/mol. The lowest BCUT2D eigenvalue weighted by atomic mass is 9.95. The molecule has 0 amide bonds. The van der Waals surface area contributed by atoms with E-state index in [1.54, 1.807) is 0 Å². The van der Waals surface area contributed by atoms with E-state index in [1.807, 2.05) is 0 Å². The summed E-state index contributed by atoms with van der Waals surface area (Å²) in [5.74, 6) is 2.74. The first-order valence-corrected chi connectivity index (χ1v) is 17.4. The van der Waals surface area contributed by atoms with Gasteiger partial charge < -0.3 is 30.9 Å². The van der Waals surface area contributed by atoms with Gasteiger partial charge in [0.2, 0.25) is 0 Å². The molecule has 4 fully saturated rings. The summed E-state index contributed by atoms with van der Waals surface area (Å²) in [6, 6.07) is 0.784. The van der Waals surface area contributed by atoms with E-state index in [4.69, 9.17) is 15.5 Å². The molecule has 4 heterocycles. The van der Waals surface area contributed by atoms with Gasteiger partial charge in [0.1, 0.15) is 11.7 Å². The van der Waals surface area contributed by atoms with Gasteiger partial charge in [-0.1, -0.05) is 26.2 Å². The minimum atomic E-state index is 0.437. The number of hydrogen-bond acceptors (Lipinski definition) is 9. The summed E-state index contributed by atoms with van der Waals surface area (Å²) in [5, 5.41) is 7.46. The van der Waals surface area contributed by atoms with Crippen LogP contribution in [0.4, 0.5) is 0 Å². The van der Waals surface area contributed by atoms with E-state index >= 15 is 0 Å². The average Bonchev–Trinajstić information content (AvgIpc) is 3.03. The third-order valence-electron chi connectivity index (χ3n) is 10.3. The normalized spacial score (nSPS) is 30.5. The molecule has 5 aliphatic rings. The van der Waals surface area contributed by atoms with Gasteiger partial charge >= 0.3 is 0 Å². The lowest BCUT2D eigenvalue weighted by Crippen LogP contribution is -2.49. The molecule has 238 valence electrons. The fourth-order valence-electron chi connectivity index (χ4n) is 7.35. The SMILES string of the molecule is CC1C/C=C(NCC2CCN(CCCNC3CCCCC3)CC2)/N=C(N)\C=C/1N1CCN(CCN2CCOCC2)CC1. The van der Waals surface area contributed by atoms with E-state index in [0.717, 1.165) is 90.4 Å². The van der Waals surface area contributed by atoms with Gasteiger partial charge in [-0.25, -0.2) is 4.99 Å². The molecule has 0 radical (unpaired) electrons. The predicted molar refractivity (Wildman–Crippen MR) is 174 cm³/mol. The van der Waals surface area contributed by atoms with Crippen molar-refractivity contribution in [1.82, 2.24) is 30.2 Å². The van der Waals surface area contributed by atoms with E-state index in [-0.39, 0.29) is 0 Å². The molecule has 1 atom stereocenters. The summed E-state index contributed by atoms with van der Waals surface area (Å²) in [6.45, 7) is 18.8. The van der Waals surface area contributed by atoms with Gasteiger partial charge in [0.05, 0.1) is 13.2 Å². The Kier molecular flexibility index (Phi) is 12.9. The van der Waals surface area contributed by atoms with Crippen molar-refractivity contribution in [3.05, 3.63) is 23.7 Å². The predicted octanol–water partition coefficient (Wildman–Crippen LogP) is 2.67. The minimum Gasteiger partial charge on any atom is -0.384 e. The third-order valence-corrected chi connectivity index (χ3v) is 10.3. The highest BCUT2D eigenvalue weighted by Gasteiger charge is 2.24. The largest absolute Gasteiger partial charge is 0.384 e. The Hall–Kier alpha value is -1.65. The number of nitrogens with two attached hydrogens (primary N) is 1.